The van der Waals surface area contributed by atoms with Crippen LogP contribution in [0.4, 0.5) is 0 Å². The number of benzene rings is 1. The van der Waals surface area contributed by atoms with Crippen molar-refractivity contribution in [2.75, 3.05) is 0 Å². The number of halogens is 1. The number of hydrogen-bond donors (Lipinski definition) is 1. The van der Waals surface area contributed by atoms with Crippen molar-refractivity contribution in [1.29, 1.82) is 0 Å². The molecule has 1 nitrogen and oxygen atoms in total. The molecule has 0 saturated carbocycles. The van der Waals surface area contributed by atoms with Crippen molar-refractivity contribution in [3.05, 3.63) is 55.3 Å². The molecule has 0 spiro atoms. The second kappa shape index (κ2) is 5.98. The predicted molar refractivity (Wildman–Crippen MR) is 83.5 cm³/mol. The average molecular weight is 357 g/mol. The summed E-state index contributed by atoms with van der Waals surface area (Å²) in [5.74, 6) is 0. The average Bonchev–Trinajstić information content (AvgIpc) is 2.76. The molecule has 1 aromatic heterocycles. The summed E-state index contributed by atoms with van der Waals surface area (Å²) in [5.41, 5.74) is 10.1. The van der Waals surface area contributed by atoms with Gasteiger partial charge in [-0.25, -0.2) is 0 Å². The fourth-order valence-electron chi connectivity index (χ4n) is 1.91. The van der Waals surface area contributed by atoms with Crippen LogP contribution in [0.25, 0.3) is 0 Å². The number of rotatable bonds is 4. The van der Waals surface area contributed by atoms with E-state index in [-0.39, 0.29) is 6.04 Å². The minimum atomic E-state index is 0.00609. The maximum absolute atomic E-state index is 6.30. The van der Waals surface area contributed by atoms with Gasteiger partial charge in [0.1, 0.15) is 0 Å². The first-order chi connectivity index (χ1) is 8.20. The molecule has 2 rings (SSSR count). The van der Waals surface area contributed by atoms with Crippen LogP contribution >= 0.6 is 33.9 Å². The standard InChI is InChI=1S/C14H16INS/c1-2-4-10-5-3-6-11(7-10)14(16)12-8-13(15)17-9-12/h3,5-9,14H,2,4,16H2,1H3. The molecule has 0 aliphatic rings. The molecule has 2 N–H and O–H groups in total. The molecule has 0 fully saturated rings. The van der Waals surface area contributed by atoms with E-state index in [1.54, 1.807) is 11.3 Å². The first-order valence-electron chi connectivity index (χ1n) is 5.79. The number of thiophene rings is 1. The van der Waals surface area contributed by atoms with Gasteiger partial charge in [0.25, 0.3) is 0 Å². The summed E-state index contributed by atoms with van der Waals surface area (Å²) in [4.78, 5) is 0. The monoisotopic (exact) mass is 357 g/mol. The Bertz CT molecular complexity index is 492. The van der Waals surface area contributed by atoms with Gasteiger partial charge in [-0.1, -0.05) is 37.6 Å². The Morgan fingerprint density at radius 3 is 2.76 bits per heavy atom. The molecule has 1 aromatic carbocycles. The van der Waals surface area contributed by atoms with Gasteiger partial charge in [0.05, 0.1) is 8.93 Å². The fourth-order valence-corrected chi connectivity index (χ4v) is 3.32. The van der Waals surface area contributed by atoms with E-state index in [9.17, 15) is 0 Å². The third kappa shape index (κ3) is 3.30. The highest BCUT2D eigenvalue weighted by Gasteiger charge is 2.10. The summed E-state index contributed by atoms with van der Waals surface area (Å²) in [7, 11) is 0. The maximum atomic E-state index is 6.30. The summed E-state index contributed by atoms with van der Waals surface area (Å²) in [6.07, 6.45) is 2.30. The molecule has 0 bridgehead atoms. The minimum Gasteiger partial charge on any atom is -0.320 e. The van der Waals surface area contributed by atoms with Gasteiger partial charge in [-0.3, -0.25) is 0 Å². The molecule has 1 heterocycles. The van der Waals surface area contributed by atoms with Gasteiger partial charge in [0, 0.05) is 0 Å². The van der Waals surface area contributed by atoms with Crippen molar-refractivity contribution in [3.8, 4) is 0 Å². The maximum Gasteiger partial charge on any atom is 0.0656 e. The van der Waals surface area contributed by atoms with E-state index in [2.05, 4.69) is 65.2 Å². The van der Waals surface area contributed by atoms with E-state index >= 15 is 0 Å². The Labute approximate surface area is 120 Å². The molecule has 0 aliphatic heterocycles. The van der Waals surface area contributed by atoms with Crippen LogP contribution in [0, 0.1) is 2.88 Å². The van der Waals surface area contributed by atoms with Crippen LogP contribution in [0.1, 0.15) is 36.1 Å². The Hall–Kier alpha value is -0.390. The van der Waals surface area contributed by atoms with E-state index in [0.717, 1.165) is 6.42 Å². The molecule has 1 atom stereocenters. The van der Waals surface area contributed by atoms with Crippen LogP contribution in [0.5, 0.6) is 0 Å². The molecule has 3 heteroatoms. The van der Waals surface area contributed by atoms with Crippen molar-refractivity contribution in [2.24, 2.45) is 5.73 Å². The quantitative estimate of drug-likeness (QED) is 0.809. The first kappa shape index (κ1) is 13.1. The van der Waals surface area contributed by atoms with E-state index in [4.69, 9.17) is 5.73 Å². The lowest BCUT2D eigenvalue weighted by Gasteiger charge is -2.11. The third-order valence-electron chi connectivity index (χ3n) is 2.80. The number of hydrogen-bond acceptors (Lipinski definition) is 2. The van der Waals surface area contributed by atoms with Crippen molar-refractivity contribution < 1.29 is 0 Å². The van der Waals surface area contributed by atoms with E-state index in [1.807, 2.05) is 0 Å². The van der Waals surface area contributed by atoms with Gasteiger partial charge in [0.2, 0.25) is 0 Å². The molecule has 0 aliphatic carbocycles. The van der Waals surface area contributed by atoms with Crippen LogP contribution < -0.4 is 5.73 Å². The Morgan fingerprint density at radius 1 is 1.29 bits per heavy atom. The van der Waals surface area contributed by atoms with E-state index in [0.29, 0.717) is 0 Å². The summed E-state index contributed by atoms with van der Waals surface area (Å²) in [5, 5.41) is 2.15. The second-order valence-electron chi connectivity index (χ2n) is 4.16. The normalized spacial score (nSPS) is 12.6. The van der Waals surface area contributed by atoms with Gasteiger partial charge in [-0.2, -0.15) is 0 Å². The predicted octanol–water partition coefficient (Wildman–Crippen LogP) is 4.35. The van der Waals surface area contributed by atoms with Gasteiger partial charge < -0.3 is 5.73 Å². The lowest BCUT2D eigenvalue weighted by molar-refractivity contribution is 0.862. The van der Waals surface area contributed by atoms with Crippen molar-refractivity contribution >= 4 is 33.9 Å². The topological polar surface area (TPSA) is 26.0 Å². The molecule has 17 heavy (non-hydrogen) atoms. The van der Waals surface area contributed by atoms with E-state index in [1.165, 1.54) is 26.0 Å². The highest BCUT2D eigenvalue weighted by molar-refractivity contribution is 14.1. The van der Waals surface area contributed by atoms with Gasteiger partial charge in [0.15, 0.2) is 0 Å². The van der Waals surface area contributed by atoms with Gasteiger partial charge in [-0.05, 0) is 57.1 Å². The smallest absolute Gasteiger partial charge is 0.0656 e. The van der Waals surface area contributed by atoms with Crippen LogP contribution in [0.2, 0.25) is 0 Å². The van der Waals surface area contributed by atoms with E-state index < -0.39 is 0 Å². The van der Waals surface area contributed by atoms with Gasteiger partial charge in [-0.15, -0.1) is 11.3 Å². The number of nitrogens with two attached hydrogens (primary N) is 1. The zero-order valence-corrected chi connectivity index (χ0v) is 12.8. The van der Waals surface area contributed by atoms with Crippen LogP contribution in [0.3, 0.4) is 0 Å². The summed E-state index contributed by atoms with van der Waals surface area (Å²) in [6.45, 7) is 2.20. The Morgan fingerprint density at radius 2 is 2.12 bits per heavy atom. The molecule has 1 unspecified atom stereocenters. The highest BCUT2D eigenvalue weighted by Crippen LogP contribution is 2.26. The molecule has 0 radical (unpaired) electrons. The molecular formula is C14H16INS. The molecule has 0 saturated heterocycles. The molecular weight excluding hydrogens is 341 g/mol. The van der Waals surface area contributed by atoms with Crippen molar-refractivity contribution in [3.63, 3.8) is 0 Å². The SMILES string of the molecule is CCCc1cccc(C(N)c2csc(I)c2)c1. The number of aryl methyl sites for hydroxylation is 1. The second-order valence-corrected chi connectivity index (χ2v) is 6.96. The minimum absolute atomic E-state index is 0.00609. The summed E-state index contributed by atoms with van der Waals surface area (Å²) < 4.78 is 1.29. The Kier molecular flexibility index (Phi) is 4.59. The molecule has 0 amide bonds. The zero-order chi connectivity index (χ0) is 12.3. The van der Waals surface area contributed by atoms with Crippen LogP contribution in [-0.2, 0) is 6.42 Å². The lowest BCUT2D eigenvalue weighted by atomic mass is 9.99. The highest BCUT2D eigenvalue weighted by atomic mass is 127. The van der Waals surface area contributed by atoms with Crippen molar-refractivity contribution in [1.82, 2.24) is 0 Å². The fraction of sp³-hybridized carbons (Fsp3) is 0.286. The molecule has 2 aromatic rings. The third-order valence-corrected chi connectivity index (χ3v) is 4.60. The molecule has 90 valence electrons. The van der Waals surface area contributed by atoms with Crippen molar-refractivity contribution in [2.45, 2.75) is 25.8 Å². The van der Waals surface area contributed by atoms with Gasteiger partial charge >= 0.3 is 0 Å². The zero-order valence-electron chi connectivity index (χ0n) is 9.82. The lowest BCUT2D eigenvalue weighted by Crippen LogP contribution is -2.11. The largest absolute Gasteiger partial charge is 0.320 e. The summed E-state index contributed by atoms with van der Waals surface area (Å²) in [6, 6.07) is 10.8. The van der Waals surface area contributed by atoms with Crippen LogP contribution in [-0.4, -0.2) is 0 Å². The first-order valence-corrected chi connectivity index (χ1v) is 7.75. The van der Waals surface area contributed by atoms with Crippen LogP contribution in [0.15, 0.2) is 35.7 Å². The Balaban J connectivity index is 2.24. The summed E-state index contributed by atoms with van der Waals surface area (Å²) >= 11 is 4.08.